The zero-order valence-electron chi connectivity index (χ0n) is 16.4. The molecule has 0 radical (unpaired) electrons. The molecule has 0 spiro atoms. The fourth-order valence-corrected chi connectivity index (χ4v) is 3.73. The minimum atomic E-state index is -0.445. The molecule has 150 valence electrons. The maximum absolute atomic E-state index is 12.3. The van der Waals surface area contributed by atoms with E-state index < -0.39 is 4.92 Å². The van der Waals surface area contributed by atoms with Crippen molar-refractivity contribution >= 4 is 17.3 Å². The summed E-state index contributed by atoms with van der Waals surface area (Å²) in [7, 11) is 0. The Hall–Kier alpha value is -3.40. The van der Waals surface area contributed by atoms with Crippen LogP contribution in [0, 0.1) is 28.4 Å². The van der Waals surface area contributed by atoms with Crippen molar-refractivity contribution in [3.8, 4) is 6.07 Å². The van der Waals surface area contributed by atoms with Gasteiger partial charge in [-0.3, -0.25) is 14.9 Å². The summed E-state index contributed by atoms with van der Waals surface area (Å²) in [5.41, 5.74) is 2.69. The number of aryl methyl sites for hydroxylation is 1. The number of nitro benzene ring substituents is 1. The first-order valence-electron chi connectivity index (χ1n) is 9.75. The first kappa shape index (κ1) is 20.3. The van der Waals surface area contributed by atoms with Crippen molar-refractivity contribution in [3.05, 3.63) is 69.3 Å². The van der Waals surface area contributed by atoms with Gasteiger partial charge in [-0.25, -0.2) is 0 Å². The molecule has 2 aromatic carbocycles. The topological polar surface area (TPSA) is 99.3 Å². The molecule has 0 bridgehead atoms. The molecular formula is C22H24N4O3. The van der Waals surface area contributed by atoms with Crippen molar-refractivity contribution in [1.29, 1.82) is 5.26 Å². The Bertz CT molecular complexity index is 929. The maximum atomic E-state index is 12.3. The van der Waals surface area contributed by atoms with Crippen LogP contribution in [-0.4, -0.2) is 30.0 Å². The number of hydrogen-bond acceptors (Lipinski definition) is 5. The Morgan fingerprint density at radius 1 is 1.28 bits per heavy atom. The molecule has 7 heteroatoms. The highest BCUT2D eigenvalue weighted by Gasteiger charge is 2.25. The monoisotopic (exact) mass is 392 g/mol. The molecule has 1 heterocycles. The van der Waals surface area contributed by atoms with E-state index in [2.05, 4.69) is 10.2 Å². The number of nitriles is 1. The first-order chi connectivity index (χ1) is 14.0. The lowest BCUT2D eigenvalue weighted by molar-refractivity contribution is -0.385. The molecule has 29 heavy (non-hydrogen) atoms. The largest absolute Gasteiger partial charge is 0.371 e. The van der Waals surface area contributed by atoms with Gasteiger partial charge in [-0.15, -0.1) is 0 Å². The van der Waals surface area contributed by atoms with E-state index in [9.17, 15) is 20.2 Å². The Morgan fingerprint density at radius 2 is 1.97 bits per heavy atom. The molecule has 1 fully saturated rings. The van der Waals surface area contributed by atoms with Crippen molar-refractivity contribution in [3.63, 3.8) is 0 Å². The summed E-state index contributed by atoms with van der Waals surface area (Å²) in [4.78, 5) is 25.2. The Labute approximate surface area is 170 Å². The van der Waals surface area contributed by atoms with Crippen LogP contribution in [0.3, 0.4) is 0 Å². The first-order valence-corrected chi connectivity index (χ1v) is 9.75. The standard InChI is InChI=1S/C22H24N4O3/c1-16-20(13-18(15-23)14-21(16)26(28)29)25-11-9-19(10-12-25)24-22(27)8-7-17-5-3-2-4-6-17/h2-6,13-14,19H,7-12H2,1H3,(H,24,27). The number of nitro groups is 1. The number of piperidine rings is 1. The number of carbonyl (C=O) groups excluding carboxylic acids is 1. The van der Waals surface area contributed by atoms with Crippen LogP contribution in [0.4, 0.5) is 11.4 Å². The summed E-state index contributed by atoms with van der Waals surface area (Å²) in [6, 6.07) is 15.1. The molecule has 1 aliphatic heterocycles. The Morgan fingerprint density at radius 3 is 2.59 bits per heavy atom. The predicted octanol–water partition coefficient (Wildman–Crippen LogP) is 3.49. The lowest BCUT2D eigenvalue weighted by atomic mass is 10.0. The van der Waals surface area contributed by atoms with Crippen molar-refractivity contribution in [1.82, 2.24) is 5.32 Å². The smallest absolute Gasteiger partial charge is 0.275 e. The summed E-state index contributed by atoms with van der Waals surface area (Å²) >= 11 is 0. The number of hydrogen-bond donors (Lipinski definition) is 1. The molecule has 0 saturated carbocycles. The van der Waals surface area contributed by atoms with Crippen molar-refractivity contribution in [2.24, 2.45) is 0 Å². The number of benzene rings is 2. The van der Waals surface area contributed by atoms with E-state index in [1.165, 1.54) is 6.07 Å². The minimum absolute atomic E-state index is 0.0320. The highest BCUT2D eigenvalue weighted by molar-refractivity contribution is 5.76. The van der Waals surface area contributed by atoms with Crippen LogP contribution in [-0.2, 0) is 11.2 Å². The molecule has 1 N–H and O–H groups in total. The summed E-state index contributed by atoms with van der Waals surface area (Å²) in [6.07, 6.45) is 2.71. The Balaban J connectivity index is 1.57. The van der Waals surface area contributed by atoms with Gasteiger partial charge >= 0.3 is 0 Å². The average molecular weight is 392 g/mol. The van der Waals surface area contributed by atoms with Gasteiger partial charge in [-0.2, -0.15) is 5.26 Å². The second-order valence-electron chi connectivity index (χ2n) is 7.32. The van der Waals surface area contributed by atoms with E-state index in [-0.39, 0.29) is 23.2 Å². The molecule has 7 nitrogen and oxygen atoms in total. The van der Waals surface area contributed by atoms with Gasteiger partial charge in [-0.05, 0) is 37.8 Å². The van der Waals surface area contributed by atoms with Crippen LogP contribution >= 0.6 is 0 Å². The van der Waals surface area contributed by atoms with Crippen LogP contribution in [0.25, 0.3) is 0 Å². The predicted molar refractivity (Wildman–Crippen MR) is 111 cm³/mol. The number of amides is 1. The van der Waals surface area contributed by atoms with E-state index in [1.807, 2.05) is 36.4 Å². The highest BCUT2D eigenvalue weighted by atomic mass is 16.6. The maximum Gasteiger partial charge on any atom is 0.275 e. The number of anilines is 1. The number of rotatable bonds is 6. The molecule has 0 unspecified atom stereocenters. The molecule has 3 rings (SSSR count). The molecule has 0 aliphatic carbocycles. The van der Waals surface area contributed by atoms with Gasteiger partial charge in [0.15, 0.2) is 0 Å². The van der Waals surface area contributed by atoms with Crippen LogP contribution in [0.15, 0.2) is 42.5 Å². The van der Waals surface area contributed by atoms with E-state index >= 15 is 0 Å². The van der Waals surface area contributed by atoms with Crippen molar-refractivity contribution in [2.75, 3.05) is 18.0 Å². The van der Waals surface area contributed by atoms with Crippen LogP contribution in [0.2, 0.25) is 0 Å². The zero-order chi connectivity index (χ0) is 20.8. The summed E-state index contributed by atoms with van der Waals surface area (Å²) < 4.78 is 0. The lowest BCUT2D eigenvalue weighted by Gasteiger charge is -2.34. The van der Waals surface area contributed by atoms with Gasteiger partial charge in [0.2, 0.25) is 5.91 Å². The summed E-state index contributed by atoms with van der Waals surface area (Å²) in [5, 5.41) is 23.6. The van der Waals surface area contributed by atoms with Crippen LogP contribution < -0.4 is 10.2 Å². The van der Waals surface area contributed by atoms with E-state index in [0.717, 1.165) is 30.5 Å². The zero-order valence-corrected chi connectivity index (χ0v) is 16.4. The number of nitrogens with one attached hydrogen (secondary N) is 1. The fraction of sp³-hybridized carbons (Fsp3) is 0.364. The Kier molecular flexibility index (Phi) is 6.45. The average Bonchev–Trinajstić information content (AvgIpc) is 2.73. The van der Waals surface area contributed by atoms with E-state index in [4.69, 9.17) is 0 Å². The van der Waals surface area contributed by atoms with E-state index in [1.54, 1.807) is 13.0 Å². The fourth-order valence-electron chi connectivity index (χ4n) is 3.73. The van der Waals surface area contributed by atoms with E-state index in [0.29, 0.717) is 25.1 Å². The minimum Gasteiger partial charge on any atom is -0.371 e. The third kappa shape index (κ3) is 5.11. The molecule has 0 atom stereocenters. The molecule has 1 aliphatic rings. The molecule has 1 saturated heterocycles. The summed E-state index contributed by atoms with van der Waals surface area (Å²) in [5.74, 6) is 0.0469. The normalized spacial score (nSPS) is 14.3. The van der Waals surface area contributed by atoms with Gasteiger partial charge in [0.25, 0.3) is 5.69 Å². The quantitative estimate of drug-likeness (QED) is 0.599. The third-order valence-corrected chi connectivity index (χ3v) is 5.36. The second kappa shape index (κ2) is 9.20. The number of carbonyl (C=O) groups is 1. The van der Waals surface area contributed by atoms with Crippen molar-refractivity contribution < 1.29 is 9.72 Å². The van der Waals surface area contributed by atoms with Gasteiger partial charge in [0, 0.05) is 37.3 Å². The SMILES string of the molecule is Cc1c(N2CCC(NC(=O)CCc3ccccc3)CC2)cc(C#N)cc1[N+](=O)[O-]. The highest BCUT2D eigenvalue weighted by Crippen LogP contribution is 2.32. The van der Waals surface area contributed by atoms with Crippen molar-refractivity contribution in [2.45, 2.75) is 38.6 Å². The summed E-state index contributed by atoms with van der Waals surface area (Å²) in [6.45, 7) is 3.07. The second-order valence-corrected chi connectivity index (χ2v) is 7.32. The van der Waals surface area contributed by atoms with Gasteiger partial charge in [0.1, 0.15) is 0 Å². The van der Waals surface area contributed by atoms with Crippen LogP contribution in [0.1, 0.15) is 36.0 Å². The van der Waals surface area contributed by atoms with Gasteiger partial charge < -0.3 is 10.2 Å². The molecule has 0 aromatic heterocycles. The molecule has 2 aromatic rings. The third-order valence-electron chi connectivity index (χ3n) is 5.36. The van der Waals surface area contributed by atoms with Crippen LogP contribution in [0.5, 0.6) is 0 Å². The lowest BCUT2D eigenvalue weighted by Crippen LogP contribution is -2.45. The van der Waals surface area contributed by atoms with Gasteiger partial charge in [0.05, 0.1) is 22.1 Å². The number of nitrogens with zero attached hydrogens (tertiary/aromatic N) is 3. The van der Waals surface area contributed by atoms with Gasteiger partial charge in [-0.1, -0.05) is 30.3 Å². The molecular weight excluding hydrogens is 368 g/mol. The molecule has 1 amide bonds.